The first-order valence-corrected chi connectivity index (χ1v) is 7.52. The largest absolute Gasteiger partial charge is 0.374 e. The maximum atomic E-state index is 12.8. The molecule has 0 spiro atoms. The van der Waals surface area contributed by atoms with E-state index in [1.165, 1.54) is 6.42 Å². The number of carbonyl (C=O) groups is 1. The Morgan fingerprint density at radius 3 is 2.68 bits per heavy atom. The van der Waals surface area contributed by atoms with Gasteiger partial charge >= 0.3 is 0 Å². The van der Waals surface area contributed by atoms with E-state index in [2.05, 4.69) is 6.07 Å². The molecule has 1 aliphatic carbocycles. The van der Waals surface area contributed by atoms with Gasteiger partial charge in [-0.3, -0.25) is 4.79 Å². The van der Waals surface area contributed by atoms with E-state index in [1.54, 1.807) is 0 Å². The van der Waals surface area contributed by atoms with Crippen molar-refractivity contribution in [2.75, 3.05) is 13.2 Å². The normalized spacial score (nSPS) is 27.5. The molecule has 1 saturated carbocycles. The number of hydrogen-bond donors (Lipinski definition) is 0. The van der Waals surface area contributed by atoms with Gasteiger partial charge in [-0.25, -0.2) is 0 Å². The van der Waals surface area contributed by atoms with Gasteiger partial charge in [0.1, 0.15) is 5.41 Å². The van der Waals surface area contributed by atoms with Gasteiger partial charge < -0.3 is 9.64 Å². The molecule has 0 bridgehead atoms. The Kier molecular flexibility index (Phi) is 4.46. The fourth-order valence-electron chi connectivity index (χ4n) is 3.38. The molecule has 2 unspecified atom stereocenters. The molecule has 2 aliphatic rings. The summed E-state index contributed by atoms with van der Waals surface area (Å²) >= 11 is 0. The van der Waals surface area contributed by atoms with E-state index in [9.17, 15) is 10.1 Å². The molecule has 106 valence electrons. The van der Waals surface area contributed by atoms with Gasteiger partial charge in [0.25, 0.3) is 0 Å². The fraction of sp³-hybridized carbons (Fsp3) is 0.867. The van der Waals surface area contributed by atoms with Crippen molar-refractivity contribution in [1.82, 2.24) is 4.90 Å². The number of fused-ring (bicyclic) bond motifs is 1. The SMILES string of the molecule is CCC(C#N)(CC)C(=O)N1CCOC2CCCCC21. The Balaban J connectivity index is 2.19. The number of ether oxygens (including phenoxy) is 1. The monoisotopic (exact) mass is 264 g/mol. The molecule has 1 saturated heterocycles. The molecule has 2 atom stereocenters. The van der Waals surface area contributed by atoms with Crippen LogP contribution in [0, 0.1) is 16.7 Å². The molecule has 1 amide bonds. The summed E-state index contributed by atoms with van der Waals surface area (Å²) in [5.74, 6) is 0.0280. The van der Waals surface area contributed by atoms with Crippen LogP contribution < -0.4 is 0 Å². The number of nitrogens with zero attached hydrogens (tertiary/aromatic N) is 2. The summed E-state index contributed by atoms with van der Waals surface area (Å²) in [6.45, 7) is 5.12. The third kappa shape index (κ3) is 2.49. The lowest BCUT2D eigenvalue weighted by Gasteiger charge is -2.46. The average molecular weight is 264 g/mol. The minimum atomic E-state index is -0.834. The molecular weight excluding hydrogens is 240 g/mol. The first-order valence-electron chi connectivity index (χ1n) is 7.52. The van der Waals surface area contributed by atoms with E-state index in [1.807, 2.05) is 18.7 Å². The van der Waals surface area contributed by atoms with Gasteiger partial charge in [0.05, 0.1) is 24.8 Å². The zero-order valence-electron chi connectivity index (χ0n) is 12.0. The second kappa shape index (κ2) is 5.92. The lowest BCUT2D eigenvalue weighted by atomic mass is 9.80. The molecule has 0 aromatic carbocycles. The zero-order chi connectivity index (χ0) is 13.9. The van der Waals surface area contributed by atoms with Crippen LogP contribution in [0.4, 0.5) is 0 Å². The summed E-state index contributed by atoms with van der Waals surface area (Å²) in [6.07, 6.45) is 5.79. The average Bonchev–Trinajstić information content (AvgIpc) is 2.49. The van der Waals surface area contributed by atoms with Crippen LogP contribution in [0.3, 0.4) is 0 Å². The Morgan fingerprint density at radius 1 is 1.37 bits per heavy atom. The van der Waals surface area contributed by atoms with Crippen LogP contribution in [0.5, 0.6) is 0 Å². The second-order valence-corrected chi connectivity index (χ2v) is 5.66. The summed E-state index contributed by atoms with van der Waals surface area (Å²) in [7, 11) is 0. The van der Waals surface area contributed by atoms with E-state index in [-0.39, 0.29) is 18.1 Å². The van der Waals surface area contributed by atoms with E-state index < -0.39 is 5.41 Å². The van der Waals surface area contributed by atoms with Crippen LogP contribution in [-0.2, 0) is 9.53 Å². The van der Waals surface area contributed by atoms with Crippen molar-refractivity contribution in [2.24, 2.45) is 5.41 Å². The standard InChI is InChI=1S/C15H24N2O2/c1-3-15(4-2,11-16)14(18)17-9-10-19-13-8-6-5-7-12(13)17/h12-13H,3-10H2,1-2H3. The smallest absolute Gasteiger partial charge is 0.243 e. The van der Waals surface area contributed by atoms with Crippen LogP contribution in [-0.4, -0.2) is 36.1 Å². The highest BCUT2D eigenvalue weighted by molar-refractivity contribution is 5.85. The predicted molar refractivity (Wildman–Crippen MR) is 72.3 cm³/mol. The van der Waals surface area contributed by atoms with Crippen molar-refractivity contribution in [3.63, 3.8) is 0 Å². The minimum Gasteiger partial charge on any atom is -0.374 e. The molecule has 0 aromatic rings. The molecule has 0 aromatic heterocycles. The van der Waals surface area contributed by atoms with Crippen molar-refractivity contribution in [2.45, 2.75) is 64.5 Å². The fourth-order valence-corrected chi connectivity index (χ4v) is 3.38. The van der Waals surface area contributed by atoms with Gasteiger partial charge in [0, 0.05) is 6.54 Å². The predicted octanol–water partition coefficient (Wildman–Crippen LogP) is 2.49. The van der Waals surface area contributed by atoms with Crippen molar-refractivity contribution >= 4 is 5.91 Å². The van der Waals surface area contributed by atoms with E-state index >= 15 is 0 Å². The topological polar surface area (TPSA) is 53.3 Å². The van der Waals surface area contributed by atoms with Crippen molar-refractivity contribution in [3.8, 4) is 6.07 Å². The van der Waals surface area contributed by atoms with Crippen LogP contribution in [0.1, 0.15) is 52.4 Å². The molecule has 4 nitrogen and oxygen atoms in total. The van der Waals surface area contributed by atoms with E-state index in [0.717, 1.165) is 19.3 Å². The highest BCUT2D eigenvalue weighted by Gasteiger charge is 2.44. The number of nitriles is 1. The van der Waals surface area contributed by atoms with Gasteiger partial charge in [-0.15, -0.1) is 0 Å². The molecule has 2 rings (SSSR count). The number of morpholine rings is 1. The van der Waals surface area contributed by atoms with Crippen molar-refractivity contribution < 1.29 is 9.53 Å². The first-order chi connectivity index (χ1) is 9.18. The maximum Gasteiger partial charge on any atom is 0.243 e. The summed E-state index contributed by atoms with van der Waals surface area (Å²) in [5, 5.41) is 9.44. The highest BCUT2D eigenvalue weighted by atomic mass is 16.5. The lowest BCUT2D eigenvalue weighted by molar-refractivity contribution is -0.157. The maximum absolute atomic E-state index is 12.8. The van der Waals surface area contributed by atoms with E-state index in [4.69, 9.17) is 4.74 Å². The molecule has 0 radical (unpaired) electrons. The van der Waals surface area contributed by atoms with Gasteiger partial charge in [0.2, 0.25) is 5.91 Å². The summed E-state index contributed by atoms with van der Waals surface area (Å²) in [5.41, 5.74) is -0.834. The van der Waals surface area contributed by atoms with Gasteiger partial charge in [-0.2, -0.15) is 5.26 Å². The number of rotatable bonds is 3. The van der Waals surface area contributed by atoms with Gasteiger partial charge in [-0.05, 0) is 25.7 Å². The molecular formula is C15H24N2O2. The van der Waals surface area contributed by atoms with Crippen LogP contribution in [0.15, 0.2) is 0 Å². The second-order valence-electron chi connectivity index (χ2n) is 5.66. The van der Waals surface area contributed by atoms with Gasteiger partial charge in [-0.1, -0.05) is 26.7 Å². The Labute approximate surface area is 115 Å². The molecule has 4 heteroatoms. The third-order valence-corrected chi connectivity index (χ3v) is 4.82. The van der Waals surface area contributed by atoms with Crippen molar-refractivity contribution in [3.05, 3.63) is 0 Å². The lowest BCUT2D eigenvalue weighted by Crippen LogP contribution is -2.58. The molecule has 1 aliphatic heterocycles. The molecule has 19 heavy (non-hydrogen) atoms. The summed E-state index contributed by atoms with van der Waals surface area (Å²) in [6, 6.07) is 2.47. The third-order valence-electron chi connectivity index (χ3n) is 4.82. The molecule has 0 N–H and O–H groups in total. The Bertz CT molecular complexity index is 369. The zero-order valence-corrected chi connectivity index (χ0v) is 12.0. The van der Waals surface area contributed by atoms with Crippen LogP contribution >= 0.6 is 0 Å². The van der Waals surface area contributed by atoms with Crippen LogP contribution in [0.2, 0.25) is 0 Å². The van der Waals surface area contributed by atoms with Gasteiger partial charge in [0.15, 0.2) is 0 Å². The summed E-state index contributed by atoms with van der Waals surface area (Å²) < 4.78 is 5.80. The number of hydrogen-bond acceptors (Lipinski definition) is 3. The van der Waals surface area contributed by atoms with Crippen LogP contribution in [0.25, 0.3) is 0 Å². The number of carbonyl (C=O) groups excluding carboxylic acids is 1. The minimum absolute atomic E-state index is 0.0280. The van der Waals surface area contributed by atoms with Crippen molar-refractivity contribution in [1.29, 1.82) is 5.26 Å². The highest BCUT2D eigenvalue weighted by Crippen LogP contribution is 2.34. The summed E-state index contributed by atoms with van der Waals surface area (Å²) in [4.78, 5) is 14.8. The molecule has 1 heterocycles. The first kappa shape index (κ1) is 14.3. The Morgan fingerprint density at radius 2 is 2.05 bits per heavy atom. The quantitative estimate of drug-likeness (QED) is 0.787. The van der Waals surface area contributed by atoms with E-state index in [0.29, 0.717) is 26.0 Å². The number of amides is 1. The Hall–Kier alpha value is -1.08. The molecule has 2 fully saturated rings.